The first-order valence-electron chi connectivity index (χ1n) is 6.70. The van der Waals surface area contributed by atoms with Gasteiger partial charge in [0.25, 0.3) is 11.6 Å². The predicted octanol–water partition coefficient (Wildman–Crippen LogP) is 2.04. The number of nitro groups is 1. The first kappa shape index (κ1) is 16.1. The van der Waals surface area contributed by atoms with Crippen LogP contribution in [-0.4, -0.2) is 28.9 Å². The van der Waals surface area contributed by atoms with Gasteiger partial charge in [-0.25, -0.2) is 4.98 Å². The molecule has 0 bridgehead atoms. The van der Waals surface area contributed by atoms with Crippen LogP contribution in [0, 0.1) is 16.0 Å². The lowest BCUT2D eigenvalue weighted by Crippen LogP contribution is -2.31. The number of nitrogens with one attached hydrogen (secondary N) is 1. The fraction of sp³-hybridized carbons (Fsp3) is 0.286. The molecule has 22 heavy (non-hydrogen) atoms. The van der Waals surface area contributed by atoms with E-state index in [-0.39, 0.29) is 17.5 Å². The molecule has 0 saturated heterocycles. The first-order valence-corrected chi connectivity index (χ1v) is 7.58. The van der Waals surface area contributed by atoms with Gasteiger partial charge in [0.2, 0.25) is 0 Å². The fourth-order valence-corrected chi connectivity index (χ4v) is 2.50. The number of carbonyl (C=O) groups excluding carboxylic acids is 1. The number of nitrogens with two attached hydrogens (primary N) is 1. The molecule has 116 valence electrons. The number of rotatable bonds is 6. The Morgan fingerprint density at radius 1 is 1.55 bits per heavy atom. The Morgan fingerprint density at radius 3 is 3.00 bits per heavy atom. The molecule has 7 nitrogen and oxygen atoms in total. The molecule has 2 aromatic rings. The lowest BCUT2D eigenvalue weighted by molar-refractivity contribution is -0.384. The van der Waals surface area contributed by atoms with Crippen LogP contribution < -0.4 is 11.1 Å². The van der Waals surface area contributed by atoms with Gasteiger partial charge in [-0.15, -0.1) is 11.3 Å². The van der Waals surface area contributed by atoms with Crippen molar-refractivity contribution < 1.29 is 9.72 Å². The maximum atomic E-state index is 12.0. The molecular formula is C14H16N4O3S. The van der Waals surface area contributed by atoms with Crippen molar-refractivity contribution in [3.05, 3.63) is 45.5 Å². The number of thiazole rings is 1. The average molecular weight is 320 g/mol. The Kier molecular flexibility index (Phi) is 5.18. The van der Waals surface area contributed by atoms with Crippen LogP contribution in [0.3, 0.4) is 0 Å². The van der Waals surface area contributed by atoms with Crippen molar-refractivity contribution in [1.29, 1.82) is 0 Å². The number of nitro benzene ring substituents is 1. The quantitative estimate of drug-likeness (QED) is 0.625. The van der Waals surface area contributed by atoms with Crippen molar-refractivity contribution in [2.45, 2.75) is 6.92 Å². The van der Waals surface area contributed by atoms with Crippen LogP contribution in [0.15, 0.2) is 29.6 Å². The fourth-order valence-electron chi connectivity index (χ4n) is 1.70. The third-order valence-electron chi connectivity index (χ3n) is 3.05. The van der Waals surface area contributed by atoms with E-state index in [1.165, 1.54) is 23.5 Å². The van der Waals surface area contributed by atoms with Crippen LogP contribution in [0.4, 0.5) is 5.69 Å². The molecule has 0 aliphatic rings. The first-order chi connectivity index (χ1) is 10.5. The van der Waals surface area contributed by atoms with E-state index < -0.39 is 4.92 Å². The van der Waals surface area contributed by atoms with Gasteiger partial charge in [0.1, 0.15) is 10.7 Å². The Morgan fingerprint density at radius 2 is 2.32 bits per heavy atom. The van der Waals surface area contributed by atoms with Gasteiger partial charge in [-0.05, 0) is 12.5 Å². The van der Waals surface area contributed by atoms with Crippen molar-refractivity contribution in [1.82, 2.24) is 10.3 Å². The van der Waals surface area contributed by atoms with Crippen LogP contribution in [0.2, 0.25) is 0 Å². The normalized spacial score (nSPS) is 11.9. The number of amides is 1. The molecule has 1 aromatic carbocycles. The van der Waals surface area contributed by atoms with Crippen molar-refractivity contribution >= 4 is 22.9 Å². The number of aromatic nitrogens is 1. The minimum atomic E-state index is -0.459. The molecule has 1 atom stereocenters. The zero-order chi connectivity index (χ0) is 16.1. The van der Waals surface area contributed by atoms with Gasteiger partial charge in [-0.1, -0.05) is 19.1 Å². The Hall–Kier alpha value is -2.32. The Labute approximate surface area is 131 Å². The van der Waals surface area contributed by atoms with E-state index in [9.17, 15) is 14.9 Å². The number of hydrogen-bond donors (Lipinski definition) is 2. The van der Waals surface area contributed by atoms with Crippen molar-refractivity contribution in [2.24, 2.45) is 11.7 Å². The van der Waals surface area contributed by atoms with E-state index >= 15 is 0 Å². The minimum absolute atomic E-state index is 0.00419. The zero-order valence-electron chi connectivity index (χ0n) is 12.0. The van der Waals surface area contributed by atoms with Gasteiger partial charge in [-0.3, -0.25) is 14.9 Å². The van der Waals surface area contributed by atoms with E-state index in [1.54, 1.807) is 17.5 Å². The van der Waals surface area contributed by atoms with E-state index in [1.807, 2.05) is 6.92 Å². The summed E-state index contributed by atoms with van der Waals surface area (Å²) in [6.07, 6.45) is 0. The lowest BCUT2D eigenvalue weighted by atomic mass is 10.2. The topological polar surface area (TPSA) is 111 Å². The van der Waals surface area contributed by atoms with Crippen LogP contribution in [0.1, 0.15) is 17.4 Å². The van der Waals surface area contributed by atoms with Gasteiger partial charge in [0.05, 0.1) is 4.92 Å². The van der Waals surface area contributed by atoms with Crippen LogP contribution >= 0.6 is 11.3 Å². The highest BCUT2D eigenvalue weighted by molar-refractivity contribution is 7.13. The minimum Gasteiger partial charge on any atom is -0.350 e. The van der Waals surface area contributed by atoms with Gasteiger partial charge in [-0.2, -0.15) is 0 Å². The third kappa shape index (κ3) is 3.86. The molecule has 0 radical (unpaired) electrons. The monoisotopic (exact) mass is 320 g/mol. The second kappa shape index (κ2) is 7.10. The number of benzene rings is 1. The summed E-state index contributed by atoms with van der Waals surface area (Å²) in [5.74, 6) is -0.0768. The molecule has 3 N–H and O–H groups in total. The second-order valence-electron chi connectivity index (χ2n) is 4.90. The predicted molar refractivity (Wildman–Crippen MR) is 84.8 cm³/mol. The highest BCUT2D eigenvalue weighted by Crippen LogP contribution is 2.26. The molecule has 0 fully saturated rings. The van der Waals surface area contributed by atoms with E-state index in [2.05, 4.69) is 10.3 Å². The SMILES string of the molecule is CC(CN)CNC(=O)c1csc(-c2cccc([N+](=O)[O-])c2)n1. The van der Waals surface area contributed by atoms with Crippen LogP contribution in [0.5, 0.6) is 0 Å². The highest BCUT2D eigenvalue weighted by Gasteiger charge is 2.14. The third-order valence-corrected chi connectivity index (χ3v) is 3.95. The summed E-state index contributed by atoms with van der Waals surface area (Å²) < 4.78 is 0. The smallest absolute Gasteiger partial charge is 0.270 e. The maximum Gasteiger partial charge on any atom is 0.270 e. The van der Waals surface area contributed by atoms with E-state index in [0.29, 0.717) is 29.4 Å². The number of carbonyl (C=O) groups is 1. The van der Waals surface area contributed by atoms with Gasteiger partial charge < -0.3 is 11.1 Å². The number of non-ortho nitro benzene ring substituents is 1. The molecule has 2 rings (SSSR count). The molecule has 1 heterocycles. The van der Waals surface area contributed by atoms with Gasteiger partial charge in [0.15, 0.2) is 0 Å². The number of nitrogens with zero attached hydrogens (tertiary/aromatic N) is 2. The summed E-state index contributed by atoms with van der Waals surface area (Å²) in [6, 6.07) is 6.18. The Bertz CT molecular complexity index is 686. The second-order valence-corrected chi connectivity index (χ2v) is 5.75. The molecular weight excluding hydrogens is 304 g/mol. The van der Waals surface area contributed by atoms with E-state index in [4.69, 9.17) is 5.73 Å². The van der Waals surface area contributed by atoms with Gasteiger partial charge >= 0.3 is 0 Å². The molecule has 1 unspecified atom stereocenters. The average Bonchev–Trinajstić information content (AvgIpc) is 3.02. The molecule has 0 aliphatic heterocycles. The molecule has 1 aromatic heterocycles. The summed E-state index contributed by atoms with van der Waals surface area (Å²) >= 11 is 1.27. The maximum absolute atomic E-state index is 12.0. The summed E-state index contributed by atoms with van der Waals surface area (Å²) in [6.45, 7) is 2.92. The zero-order valence-corrected chi connectivity index (χ0v) is 12.8. The standard InChI is InChI=1S/C14H16N4O3S/c1-9(6-15)7-16-13(19)12-8-22-14(17-12)10-3-2-4-11(5-10)18(20)21/h2-5,8-9H,6-7,15H2,1H3,(H,16,19). The summed E-state index contributed by atoms with van der Waals surface area (Å²) in [4.78, 5) is 26.5. The highest BCUT2D eigenvalue weighted by atomic mass is 32.1. The molecule has 1 amide bonds. The number of hydrogen-bond acceptors (Lipinski definition) is 6. The van der Waals surface area contributed by atoms with Crippen LogP contribution in [0.25, 0.3) is 10.6 Å². The van der Waals surface area contributed by atoms with E-state index in [0.717, 1.165) is 0 Å². The Balaban J connectivity index is 2.12. The van der Waals surface area contributed by atoms with Crippen molar-refractivity contribution in [2.75, 3.05) is 13.1 Å². The van der Waals surface area contributed by atoms with Gasteiger partial charge in [0, 0.05) is 29.6 Å². The lowest BCUT2D eigenvalue weighted by Gasteiger charge is -2.08. The molecule has 8 heteroatoms. The molecule has 0 spiro atoms. The molecule has 0 aliphatic carbocycles. The summed E-state index contributed by atoms with van der Waals surface area (Å²) in [5.41, 5.74) is 6.41. The molecule has 0 saturated carbocycles. The van der Waals surface area contributed by atoms with Crippen LogP contribution in [-0.2, 0) is 0 Å². The summed E-state index contributed by atoms with van der Waals surface area (Å²) in [7, 11) is 0. The summed E-state index contributed by atoms with van der Waals surface area (Å²) in [5, 5.41) is 15.8. The largest absolute Gasteiger partial charge is 0.350 e. The van der Waals surface area contributed by atoms with Crippen molar-refractivity contribution in [3.63, 3.8) is 0 Å². The van der Waals surface area contributed by atoms with Crippen molar-refractivity contribution in [3.8, 4) is 10.6 Å².